The maximum absolute atomic E-state index is 5.11. The highest BCUT2D eigenvalue weighted by Gasteiger charge is 2.18. The predicted octanol–water partition coefficient (Wildman–Crippen LogP) is 16.2. The molecule has 0 N–H and O–H groups in total. The molecule has 0 aliphatic heterocycles. The highest BCUT2D eigenvalue weighted by Crippen LogP contribution is 2.45. The van der Waals surface area contributed by atoms with Crippen LogP contribution in [0.4, 0.5) is 0 Å². The van der Waals surface area contributed by atoms with E-state index in [9.17, 15) is 0 Å². The highest BCUT2D eigenvalue weighted by molar-refractivity contribution is 6.37. The molecular weight excluding hydrogens is 775 g/mol. The molecule has 3 nitrogen and oxygen atoms in total. The Kier molecular flexibility index (Phi) is 8.22. The minimum Gasteiger partial charge on any atom is -0.208 e. The van der Waals surface area contributed by atoms with Crippen LogP contribution in [0.2, 0.25) is 0 Å². The van der Waals surface area contributed by atoms with Crippen LogP contribution in [0.1, 0.15) is 0 Å². The average molecular weight is 812 g/mol. The summed E-state index contributed by atoms with van der Waals surface area (Å²) in [6.45, 7) is 0. The lowest BCUT2D eigenvalue weighted by molar-refractivity contribution is 1.07. The van der Waals surface area contributed by atoms with Gasteiger partial charge in [-0.15, -0.1) is 0 Å². The number of hydrogen-bond acceptors (Lipinski definition) is 3. The van der Waals surface area contributed by atoms with Gasteiger partial charge in [0.15, 0.2) is 17.5 Å². The highest BCUT2D eigenvalue weighted by atomic mass is 15.0. The Labute approximate surface area is 370 Å². The predicted molar refractivity (Wildman–Crippen MR) is 269 cm³/mol. The summed E-state index contributed by atoms with van der Waals surface area (Å²) in [4.78, 5) is 15.2. The molecule has 0 unspecified atom stereocenters. The maximum atomic E-state index is 5.11. The van der Waals surface area contributed by atoms with Gasteiger partial charge in [0.2, 0.25) is 0 Å². The molecule has 12 aromatic carbocycles. The Balaban J connectivity index is 0.954. The van der Waals surface area contributed by atoms with E-state index in [1.54, 1.807) is 0 Å². The lowest BCUT2D eigenvalue weighted by Crippen LogP contribution is -2.00. The van der Waals surface area contributed by atoms with Crippen LogP contribution >= 0.6 is 0 Å². The first-order chi connectivity index (χ1) is 31.7. The fourth-order valence-electron chi connectivity index (χ4n) is 9.96. The van der Waals surface area contributed by atoms with Crippen LogP contribution in [-0.4, -0.2) is 15.0 Å². The molecule has 296 valence electrons. The molecule has 0 saturated heterocycles. The molecule has 0 radical (unpaired) electrons. The Morgan fingerprint density at radius 1 is 0.188 bits per heavy atom. The maximum Gasteiger partial charge on any atom is 0.164 e. The van der Waals surface area contributed by atoms with Crippen molar-refractivity contribution in [3.05, 3.63) is 224 Å². The van der Waals surface area contributed by atoms with E-state index in [1.165, 1.54) is 75.8 Å². The first-order valence-corrected chi connectivity index (χ1v) is 21.8. The van der Waals surface area contributed by atoms with E-state index in [0.29, 0.717) is 17.5 Å². The van der Waals surface area contributed by atoms with E-state index in [0.717, 1.165) is 38.9 Å². The number of nitrogens with zero attached hydrogens (tertiary/aromatic N) is 3. The minimum atomic E-state index is 0.631. The number of rotatable bonds is 6. The summed E-state index contributed by atoms with van der Waals surface area (Å²) in [7, 11) is 0. The van der Waals surface area contributed by atoms with Crippen molar-refractivity contribution in [3.63, 3.8) is 0 Å². The van der Waals surface area contributed by atoms with E-state index < -0.39 is 0 Å². The van der Waals surface area contributed by atoms with Crippen molar-refractivity contribution in [1.82, 2.24) is 15.0 Å². The van der Waals surface area contributed by atoms with Crippen LogP contribution in [0.3, 0.4) is 0 Å². The van der Waals surface area contributed by atoms with Gasteiger partial charge in [0.1, 0.15) is 0 Å². The molecule has 0 atom stereocenters. The van der Waals surface area contributed by atoms with Crippen LogP contribution in [-0.2, 0) is 0 Å². The zero-order chi connectivity index (χ0) is 42.1. The fourth-order valence-corrected chi connectivity index (χ4v) is 9.96. The van der Waals surface area contributed by atoms with Crippen molar-refractivity contribution in [1.29, 1.82) is 0 Å². The Morgan fingerprint density at radius 3 is 1.11 bits per heavy atom. The first-order valence-electron chi connectivity index (χ1n) is 21.8. The molecule has 0 amide bonds. The largest absolute Gasteiger partial charge is 0.208 e. The minimum absolute atomic E-state index is 0.631. The van der Waals surface area contributed by atoms with Gasteiger partial charge in [-0.05, 0) is 122 Å². The first kappa shape index (κ1) is 36.2. The Hall–Kier alpha value is -8.53. The normalized spacial score (nSPS) is 11.8. The van der Waals surface area contributed by atoms with Gasteiger partial charge >= 0.3 is 0 Å². The van der Waals surface area contributed by atoms with Gasteiger partial charge < -0.3 is 0 Å². The second-order valence-electron chi connectivity index (χ2n) is 16.7. The molecule has 1 aromatic heterocycles. The van der Waals surface area contributed by atoms with E-state index in [-0.39, 0.29) is 0 Å². The average Bonchev–Trinajstić information content (AvgIpc) is 3.37. The van der Waals surface area contributed by atoms with Gasteiger partial charge in [0.05, 0.1) is 0 Å². The smallest absolute Gasteiger partial charge is 0.164 e. The van der Waals surface area contributed by atoms with Crippen molar-refractivity contribution < 1.29 is 0 Å². The molecule has 0 aliphatic carbocycles. The van der Waals surface area contributed by atoms with Gasteiger partial charge in [0, 0.05) is 16.7 Å². The summed E-state index contributed by atoms with van der Waals surface area (Å²) in [5, 5.41) is 15.4. The van der Waals surface area contributed by atoms with E-state index >= 15 is 0 Å². The molecule has 1 heterocycles. The van der Waals surface area contributed by atoms with Crippen molar-refractivity contribution in [2.24, 2.45) is 0 Å². The number of fused-ring (bicyclic) bond motifs is 2. The van der Waals surface area contributed by atoms with Crippen molar-refractivity contribution in [2.75, 3.05) is 0 Å². The molecule has 0 spiro atoms. The van der Waals surface area contributed by atoms with E-state index in [4.69, 9.17) is 15.0 Å². The second-order valence-corrected chi connectivity index (χ2v) is 16.7. The van der Waals surface area contributed by atoms with Gasteiger partial charge in [-0.3, -0.25) is 0 Å². The van der Waals surface area contributed by atoms with Crippen molar-refractivity contribution in [3.8, 4) is 67.5 Å². The van der Waals surface area contributed by atoms with Gasteiger partial charge in [-0.25, -0.2) is 15.0 Å². The Morgan fingerprint density at radius 2 is 0.547 bits per heavy atom. The monoisotopic (exact) mass is 811 g/mol. The summed E-state index contributed by atoms with van der Waals surface area (Å²) in [6.07, 6.45) is 0. The third-order valence-corrected chi connectivity index (χ3v) is 13.0. The fraction of sp³-hybridized carbons (Fsp3) is 0. The van der Waals surface area contributed by atoms with Crippen LogP contribution in [0.5, 0.6) is 0 Å². The molecule has 13 aromatic rings. The summed E-state index contributed by atoms with van der Waals surface area (Å²) in [5.74, 6) is 1.91. The van der Waals surface area contributed by atoms with E-state index in [2.05, 4.69) is 200 Å². The summed E-state index contributed by atoms with van der Waals surface area (Å²) in [6, 6.07) is 80.8. The molecule has 0 saturated carbocycles. The number of benzene rings is 11. The van der Waals surface area contributed by atoms with Crippen LogP contribution in [0.25, 0.3) is 132 Å². The van der Waals surface area contributed by atoms with Gasteiger partial charge in [-0.1, -0.05) is 200 Å². The second kappa shape index (κ2) is 14.5. The van der Waals surface area contributed by atoms with Crippen molar-refractivity contribution >= 4 is 64.6 Å². The molecule has 0 aliphatic rings. The Bertz CT molecular complexity index is 3930. The van der Waals surface area contributed by atoms with Crippen LogP contribution in [0, 0.1) is 0 Å². The van der Waals surface area contributed by atoms with Gasteiger partial charge in [-0.2, -0.15) is 0 Å². The quantitative estimate of drug-likeness (QED) is 0.157. The summed E-state index contributed by atoms with van der Waals surface area (Å²) < 4.78 is 0. The van der Waals surface area contributed by atoms with E-state index in [1.807, 2.05) is 24.3 Å². The summed E-state index contributed by atoms with van der Waals surface area (Å²) >= 11 is 0. The summed E-state index contributed by atoms with van der Waals surface area (Å²) in [5.41, 5.74) is 9.69. The van der Waals surface area contributed by atoms with Crippen LogP contribution < -0.4 is 0 Å². The number of hydrogen-bond donors (Lipinski definition) is 0. The molecule has 3 heteroatoms. The molecule has 13 rings (SSSR count). The lowest BCUT2D eigenvalue weighted by atomic mass is 9.86. The van der Waals surface area contributed by atoms with Crippen LogP contribution in [0.15, 0.2) is 224 Å². The third-order valence-electron chi connectivity index (χ3n) is 13.0. The molecule has 0 bridgehead atoms. The molecular formula is C61H37N3. The molecule has 0 fully saturated rings. The lowest BCUT2D eigenvalue weighted by Gasteiger charge is -2.17. The zero-order valence-corrected chi connectivity index (χ0v) is 34.7. The third kappa shape index (κ3) is 5.94. The SMILES string of the molecule is c1ccc(-c2ccc(-c3nc(-c4ccccc4)nc(-c4cccc(-c5cccc(-c6cc7ccc8cccc9c%10cccc%11ccc%12cccc(c(c6)c7c89)c%12c%11%10)c5)c4)n3)cc2)cc1. The van der Waals surface area contributed by atoms with Crippen molar-refractivity contribution in [2.45, 2.75) is 0 Å². The topological polar surface area (TPSA) is 38.7 Å². The van der Waals surface area contributed by atoms with Gasteiger partial charge in [0.25, 0.3) is 0 Å². The zero-order valence-electron chi connectivity index (χ0n) is 34.7. The number of aromatic nitrogens is 3. The molecule has 64 heavy (non-hydrogen) atoms. The standard InChI is InChI=1S/C61H37N3/c1-3-12-38(13-4-1)39-26-31-44(32-27-39)60-62-59(43-14-5-2-6-15-43)63-61(64-60)49-22-8-20-46(35-49)45-19-7-21-47(34-45)50-36-48-33-30-42-17-10-24-52-51-23-9-16-40-28-29-41-18-11-25-53(57(41)55(40)51)54(37-50)58(48)56(42)52/h1-37H.